The molecule has 0 saturated heterocycles. The minimum absolute atomic E-state index is 0.0210. The molecule has 2 rings (SSSR count). The number of hydrogen-bond acceptors (Lipinski definition) is 5. The fourth-order valence-electron chi connectivity index (χ4n) is 1.70. The SMILES string of the molecule is CC(/C=C/c1cccc([N+](=O)[O-])c1)=N/NC(=O)c1ccncc1. The molecule has 0 aliphatic carbocycles. The molecule has 0 aliphatic heterocycles. The molecule has 0 spiro atoms. The maximum absolute atomic E-state index is 11.8. The summed E-state index contributed by atoms with van der Waals surface area (Å²) in [5.74, 6) is -0.338. The number of rotatable bonds is 5. The van der Waals surface area contributed by atoms with E-state index in [2.05, 4.69) is 15.5 Å². The van der Waals surface area contributed by atoms with E-state index >= 15 is 0 Å². The Morgan fingerprint density at radius 3 is 2.74 bits per heavy atom. The predicted octanol–water partition coefficient (Wildman–Crippen LogP) is 2.81. The second-order valence-electron chi connectivity index (χ2n) is 4.62. The van der Waals surface area contributed by atoms with Crippen LogP contribution in [0.4, 0.5) is 5.69 Å². The van der Waals surface area contributed by atoms with Crippen LogP contribution in [0.15, 0.2) is 60.0 Å². The Balaban J connectivity index is 2.00. The van der Waals surface area contributed by atoms with Crippen LogP contribution in [0, 0.1) is 10.1 Å². The molecule has 1 aromatic carbocycles. The van der Waals surface area contributed by atoms with Crippen LogP contribution in [0.3, 0.4) is 0 Å². The number of pyridine rings is 1. The summed E-state index contributed by atoms with van der Waals surface area (Å²) in [5, 5.41) is 14.7. The van der Waals surface area contributed by atoms with Crippen molar-refractivity contribution < 1.29 is 9.72 Å². The van der Waals surface area contributed by atoms with Crippen molar-refractivity contribution in [2.75, 3.05) is 0 Å². The zero-order valence-electron chi connectivity index (χ0n) is 12.3. The highest BCUT2D eigenvalue weighted by Crippen LogP contribution is 2.14. The highest BCUT2D eigenvalue weighted by atomic mass is 16.6. The number of aromatic nitrogens is 1. The molecular formula is C16H14N4O3. The number of benzene rings is 1. The molecule has 23 heavy (non-hydrogen) atoms. The average Bonchev–Trinajstić information content (AvgIpc) is 2.58. The van der Waals surface area contributed by atoms with Crippen molar-refractivity contribution in [1.29, 1.82) is 0 Å². The highest BCUT2D eigenvalue weighted by Gasteiger charge is 2.04. The normalized spacial score (nSPS) is 11.4. The first-order chi connectivity index (χ1) is 11.1. The van der Waals surface area contributed by atoms with Gasteiger partial charge in [-0.1, -0.05) is 18.2 Å². The molecule has 1 N–H and O–H groups in total. The second-order valence-corrected chi connectivity index (χ2v) is 4.62. The molecule has 0 aliphatic rings. The van der Waals surface area contributed by atoms with Gasteiger partial charge in [0.1, 0.15) is 0 Å². The first kappa shape index (κ1) is 16.0. The van der Waals surface area contributed by atoms with Gasteiger partial charge in [-0.15, -0.1) is 0 Å². The van der Waals surface area contributed by atoms with Crippen LogP contribution < -0.4 is 5.43 Å². The number of nitro benzene ring substituents is 1. The van der Waals surface area contributed by atoms with Gasteiger partial charge in [-0.3, -0.25) is 19.9 Å². The number of non-ortho nitro benzene ring substituents is 1. The molecule has 0 saturated carbocycles. The minimum atomic E-state index is -0.451. The number of allylic oxidation sites excluding steroid dienone is 1. The zero-order valence-corrected chi connectivity index (χ0v) is 12.3. The maximum Gasteiger partial charge on any atom is 0.271 e. The molecule has 0 radical (unpaired) electrons. The van der Waals surface area contributed by atoms with Crippen LogP contribution in [-0.2, 0) is 0 Å². The predicted molar refractivity (Wildman–Crippen MR) is 86.9 cm³/mol. The Hall–Kier alpha value is -3.35. The second kappa shape index (κ2) is 7.60. The molecule has 116 valence electrons. The summed E-state index contributed by atoms with van der Waals surface area (Å²) in [6.07, 6.45) is 6.39. The lowest BCUT2D eigenvalue weighted by Crippen LogP contribution is -2.18. The molecule has 2 aromatic rings. The monoisotopic (exact) mass is 310 g/mol. The van der Waals surface area contributed by atoms with E-state index < -0.39 is 4.92 Å². The van der Waals surface area contributed by atoms with Gasteiger partial charge in [-0.2, -0.15) is 5.10 Å². The van der Waals surface area contributed by atoms with Gasteiger partial charge < -0.3 is 0 Å². The summed E-state index contributed by atoms with van der Waals surface area (Å²) in [5.41, 5.74) is 4.13. The van der Waals surface area contributed by atoms with Gasteiger partial charge in [0.15, 0.2) is 0 Å². The average molecular weight is 310 g/mol. The first-order valence-electron chi connectivity index (χ1n) is 6.73. The molecular weight excluding hydrogens is 296 g/mol. The summed E-state index contributed by atoms with van der Waals surface area (Å²) in [4.78, 5) is 25.9. The van der Waals surface area contributed by atoms with Gasteiger partial charge in [-0.25, -0.2) is 5.43 Å². The van der Waals surface area contributed by atoms with Crippen molar-refractivity contribution in [3.05, 3.63) is 76.1 Å². The number of hydrazone groups is 1. The summed E-state index contributed by atoms with van der Waals surface area (Å²) >= 11 is 0. The van der Waals surface area contributed by atoms with Crippen molar-refractivity contribution in [2.45, 2.75) is 6.92 Å². The highest BCUT2D eigenvalue weighted by molar-refractivity contribution is 5.99. The molecule has 0 bridgehead atoms. The minimum Gasteiger partial charge on any atom is -0.267 e. The molecule has 0 atom stereocenters. The van der Waals surface area contributed by atoms with Gasteiger partial charge >= 0.3 is 0 Å². The van der Waals surface area contributed by atoms with Crippen molar-refractivity contribution in [2.24, 2.45) is 5.10 Å². The number of amides is 1. The molecule has 7 nitrogen and oxygen atoms in total. The summed E-state index contributed by atoms with van der Waals surface area (Å²) < 4.78 is 0. The van der Waals surface area contributed by atoms with Gasteiger partial charge in [0.2, 0.25) is 0 Å². The van der Waals surface area contributed by atoms with E-state index in [1.165, 1.54) is 24.5 Å². The number of nitro groups is 1. The number of carbonyl (C=O) groups excluding carboxylic acids is 1. The van der Waals surface area contributed by atoms with E-state index in [9.17, 15) is 14.9 Å². The third-order valence-electron chi connectivity index (χ3n) is 2.87. The maximum atomic E-state index is 11.8. The van der Waals surface area contributed by atoms with Gasteiger partial charge in [0.25, 0.3) is 11.6 Å². The Morgan fingerprint density at radius 1 is 1.30 bits per heavy atom. The number of hydrogen-bond donors (Lipinski definition) is 1. The lowest BCUT2D eigenvalue weighted by atomic mass is 10.2. The Kier molecular flexibility index (Phi) is 5.30. The van der Waals surface area contributed by atoms with E-state index in [0.29, 0.717) is 16.8 Å². The van der Waals surface area contributed by atoms with E-state index in [0.717, 1.165) is 0 Å². The molecule has 1 heterocycles. The van der Waals surface area contributed by atoms with Gasteiger partial charge in [0, 0.05) is 30.1 Å². The quantitative estimate of drug-likeness (QED) is 0.521. The molecule has 1 amide bonds. The van der Waals surface area contributed by atoms with Crippen LogP contribution in [0.5, 0.6) is 0 Å². The molecule has 1 aromatic heterocycles. The molecule has 0 unspecified atom stereocenters. The fourth-order valence-corrected chi connectivity index (χ4v) is 1.70. The van der Waals surface area contributed by atoms with Crippen LogP contribution in [0.25, 0.3) is 6.08 Å². The Morgan fingerprint density at radius 2 is 2.04 bits per heavy atom. The Bertz CT molecular complexity index is 770. The smallest absolute Gasteiger partial charge is 0.267 e. The lowest BCUT2D eigenvalue weighted by Gasteiger charge is -1.99. The van der Waals surface area contributed by atoms with E-state index in [1.807, 2.05) is 0 Å². The van der Waals surface area contributed by atoms with Crippen molar-refractivity contribution in [1.82, 2.24) is 10.4 Å². The van der Waals surface area contributed by atoms with Gasteiger partial charge in [0.05, 0.1) is 10.6 Å². The lowest BCUT2D eigenvalue weighted by molar-refractivity contribution is -0.384. The summed E-state index contributed by atoms with van der Waals surface area (Å²) in [6.45, 7) is 1.71. The Labute approximate surface area is 132 Å². The fraction of sp³-hybridized carbons (Fsp3) is 0.0625. The van der Waals surface area contributed by atoms with Crippen molar-refractivity contribution in [3.63, 3.8) is 0 Å². The van der Waals surface area contributed by atoms with Crippen LogP contribution in [0.2, 0.25) is 0 Å². The first-order valence-corrected chi connectivity index (χ1v) is 6.73. The number of nitrogens with one attached hydrogen (secondary N) is 1. The molecule has 7 heteroatoms. The van der Waals surface area contributed by atoms with E-state index in [1.54, 1.807) is 43.3 Å². The van der Waals surface area contributed by atoms with Crippen LogP contribution in [-0.4, -0.2) is 21.5 Å². The van der Waals surface area contributed by atoms with Crippen LogP contribution >= 0.6 is 0 Å². The van der Waals surface area contributed by atoms with Crippen molar-refractivity contribution >= 4 is 23.4 Å². The zero-order chi connectivity index (χ0) is 16.7. The van der Waals surface area contributed by atoms with E-state index in [-0.39, 0.29) is 11.6 Å². The standard InChI is InChI=1S/C16H14N4O3/c1-12(18-19-16(21)14-7-9-17-10-8-14)5-6-13-3-2-4-15(11-13)20(22)23/h2-11H,1H3,(H,19,21)/b6-5+,18-12-. The summed E-state index contributed by atoms with van der Waals surface area (Å²) in [6, 6.07) is 9.40. The van der Waals surface area contributed by atoms with Gasteiger partial charge in [-0.05, 0) is 30.7 Å². The largest absolute Gasteiger partial charge is 0.271 e. The number of nitrogens with zero attached hydrogens (tertiary/aromatic N) is 3. The topological polar surface area (TPSA) is 97.5 Å². The number of carbonyl (C=O) groups is 1. The van der Waals surface area contributed by atoms with E-state index in [4.69, 9.17) is 0 Å². The third kappa shape index (κ3) is 4.85. The van der Waals surface area contributed by atoms with Crippen molar-refractivity contribution in [3.8, 4) is 0 Å². The summed E-state index contributed by atoms with van der Waals surface area (Å²) in [7, 11) is 0. The third-order valence-corrected chi connectivity index (χ3v) is 2.87. The van der Waals surface area contributed by atoms with Crippen LogP contribution in [0.1, 0.15) is 22.8 Å². The molecule has 0 fully saturated rings.